The molecule has 1 N–H and O–H groups in total. The first-order chi connectivity index (χ1) is 8.08. The first-order valence-electron chi connectivity index (χ1n) is 5.23. The Morgan fingerprint density at radius 3 is 2.76 bits per heavy atom. The number of rotatable bonds is 2. The molecule has 1 aliphatic rings. The average Bonchev–Trinajstić information content (AvgIpc) is 2.32. The lowest BCUT2D eigenvalue weighted by molar-refractivity contribution is -0.142. The minimum Gasteiger partial charge on any atom is -0.481 e. The first-order valence-corrected chi connectivity index (χ1v) is 6.69. The Balaban J connectivity index is 2.10. The van der Waals surface area contributed by atoms with Gasteiger partial charge in [0, 0.05) is 19.3 Å². The van der Waals surface area contributed by atoms with E-state index in [1.807, 2.05) is 0 Å². The largest absolute Gasteiger partial charge is 0.481 e. The fraction of sp³-hybridized carbons (Fsp3) is 0.500. The molecule has 1 aromatic heterocycles. The molecule has 2 rings (SSSR count). The lowest BCUT2D eigenvalue weighted by Gasteiger charge is -2.31. The van der Waals surface area contributed by atoms with E-state index in [1.54, 1.807) is 6.20 Å². The lowest BCUT2D eigenvalue weighted by Crippen LogP contribution is -2.37. The topological polar surface area (TPSA) is 66.3 Å². The highest BCUT2D eigenvalue weighted by molar-refractivity contribution is 14.1. The highest BCUT2D eigenvalue weighted by Gasteiger charge is 2.26. The van der Waals surface area contributed by atoms with Gasteiger partial charge in [0.2, 0.25) is 5.28 Å². The van der Waals surface area contributed by atoms with E-state index in [-0.39, 0.29) is 11.2 Å². The maximum absolute atomic E-state index is 10.9. The molecular weight excluding hydrogens is 356 g/mol. The molecule has 0 saturated carbocycles. The number of piperidine rings is 1. The van der Waals surface area contributed by atoms with Gasteiger partial charge >= 0.3 is 5.97 Å². The average molecular weight is 368 g/mol. The van der Waals surface area contributed by atoms with Crippen LogP contribution in [0.3, 0.4) is 0 Å². The zero-order chi connectivity index (χ0) is 12.4. The second-order valence-electron chi connectivity index (χ2n) is 3.91. The van der Waals surface area contributed by atoms with E-state index in [2.05, 4.69) is 37.5 Å². The molecule has 2 heterocycles. The number of aliphatic carboxylic acids is 1. The van der Waals surface area contributed by atoms with Crippen molar-refractivity contribution in [3.8, 4) is 0 Å². The van der Waals surface area contributed by atoms with Crippen LogP contribution in [0.5, 0.6) is 0 Å². The predicted molar refractivity (Wildman–Crippen MR) is 72.3 cm³/mol. The number of carbonyl (C=O) groups is 1. The summed E-state index contributed by atoms with van der Waals surface area (Å²) in [6.07, 6.45) is 2.97. The van der Waals surface area contributed by atoms with Gasteiger partial charge in [0.05, 0.1) is 9.49 Å². The summed E-state index contributed by atoms with van der Waals surface area (Å²) in [7, 11) is 0. The molecule has 7 heteroatoms. The van der Waals surface area contributed by atoms with E-state index in [0.717, 1.165) is 9.39 Å². The fourth-order valence-corrected chi connectivity index (χ4v) is 2.63. The highest BCUT2D eigenvalue weighted by Crippen LogP contribution is 2.26. The monoisotopic (exact) mass is 367 g/mol. The number of hydrogen-bond donors (Lipinski definition) is 1. The molecule has 5 nitrogen and oxygen atoms in total. The van der Waals surface area contributed by atoms with E-state index < -0.39 is 5.97 Å². The second kappa shape index (κ2) is 5.34. The molecule has 1 aromatic rings. The lowest BCUT2D eigenvalue weighted by atomic mass is 9.97. The summed E-state index contributed by atoms with van der Waals surface area (Å²) in [5.41, 5.74) is 0. The van der Waals surface area contributed by atoms with Gasteiger partial charge in [-0.25, -0.2) is 4.98 Å². The van der Waals surface area contributed by atoms with E-state index in [1.165, 1.54) is 0 Å². The molecule has 17 heavy (non-hydrogen) atoms. The maximum atomic E-state index is 10.9. The second-order valence-corrected chi connectivity index (χ2v) is 5.41. The summed E-state index contributed by atoms with van der Waals surface area (Å²) in [5, 5.41) is 9.15. The standard InChI is InChI=1S/C10H11ClIN3O2/c11-10-13-5-7(12)8(14-10)15-3-1-6(2-4-15)9(16)17/h5-6H,1-4H2,(H,16,17). The van der Waals surface area contributed by atoms with Crippen molar-refractivity contribution in [3.63, 3.8) is 0 Å². The van der Waals surface area contributed by atoms with Crippen LogP contribution >= 0.6 is 34.2 Å². The third-order valence-electron chi connectivity index (χ3n) is 2.84. The molecule has 1 saturated heterocycles. The smallest absolute Gasteiger partial charge is 0.306 e. The van der Waals surface area contributed by atoms with Crippen molar-refractivity contribution in [2.75, 3.05) is 18.0 Å². The van der Waals surface area contributed by atoms with Crippen LogP contribution in [0.2, 0.25) is 5.28 Å². The summed E-state index contributed by atoms with van der Waals surface area (Å²) in [4.78, 5) is 21.0. The van der Waals surface area contributed by atoms with Crippen LogP contribution in [0.15, 0.2) is 6.20 Å². The van der Waals surface area contributed by atoms with Crippen molar-refractivity contribution in [3.05, 3.63) is 15.1 Å². The van der Waals surface area contributed by atoms with Gasteiger partial charge in [-0.1, -0.05) is 0 Å². The number of nitrogens with zero attached hydrogens (tertiary/aromatic N) is 3. The van der Waals surface area contributed by atoms with Crippen LogP contribution in [-0.4, -0.2) is 34.1 Å². The quantitative estimate of drug-likeness (QED) is 0.640. The Morgan fingerprint density at radius 2 is 2.18 bits per heavy atom. The number of anilines is 1. The number of aromatic nitrogens is 2. The normalized spacial score (nSPS) is 17.2. The number of hydrogen-bond acceptors (Lipinski definition) is 4. The summed E-state index contributed by atoms with van der Waals surface area (Å²) < 4.78 is 0.931. The Bertz CT molecular complexity index is 436. The van der Waals surface area contributed by atoms with Gasteiger partial charge in [0.25, 0.3) is 0 Å². The molecule has 0 spiro atoms. The number of halogens is 2. The Hall–Kier alpha value is -0.630. The van der Waals surface area contributed by atoms with Crippen molar-refractivity contribution in [1.82, 2.24) is 9.97 Å². The molecule has 1 aliphatic heterocycles. The molecule has 0 amide bonds. The van der Waals surface area contributed by atoms with E-state index in [9.17, 15) is 4.79 Å². The van der Waals surface area contributed by atoms with Crippen molar-refractivity contribution in [1.29, 1.82) is 0 Å². The Kier molecular flexibility index (Phi) is 4.03. The Morgan fingerprint density at radius 1 is 1.53 bits per heavy atom. The van der Waals surface area contributed by atoms with Gasteiger partial charge in [-0.3, -0.25) is 4.79 Å². The summed E-state index contributed by atoms with van der Waals surface area (Å²) in [5.74, 6) is -0.143. The molecular formula is C10H11ClIN3O2. The van der Waals surface area contributed by atoms with Crippen molar-refractivity contribution in [2.24, 2.45) is 5.92 Å². The summed E-state index contributed by atoms with van der Waals surface area (Å²) in [6.45, 7) is 1.39. The zero-order valence-electron chi connectivity index (χ0n) is 8.94. The third kappa shape index (κ3) is 2.98. The first kappa shape index (κ1) is 12.8. The predicted octanol–water partition coefficient (Wildman–Crippen LogP) is 2.04. The SMILES string of the molecule is O=C(O)C1CCN(c2nc(Cl)ncc2I)CC1. The summed E-state index contributed by atoms with van der Waals surface area (Å²) in [6, 6.07) is 0. The minimum absolute atomic E-state index is 0.223. The highest BCUT2D eigenvalue weighted by atomic mass is 127. The van der Waals surface area contributed by atoms with Gasteiger partial charge in [-0.05, 0) is 47.0 Å². The van der Waals surface area contributed by atoms with Gasteiger partial charge < -0.3 is 10.0 Å². The van der Waals surface area contributed by atoms with Crippen LogP contribution < -0.4 is 4.90 Å². The van der Waals surface area contributed by atoms with Crippen LogP contribution in [0.4, 0.5) is 5.82 Å². The molecule has 92 valence electrons. The molecule has 0 unspecified atom stereocenters. The molecule has 0 atom stereocenters. The molecule has 1 fully saturated rings. The number of carboxylic acids is 1. The molecule has 0 bridgehead atoms. The summed E-state index contributed by atoms with van der Waals surface area (Å²) >= 11 is 7.93. The maximum Gasteiger partial charge on any atom is 0.306 e. The molecule has 0 radical (unpaired) electrons. The number of carboxylic acid groups (broad SMARTS) is 1. The van der Waals surface area contributed by atoms with E-state index in [0.29, 0.717) is 25.9 Å². The fourth-order valence-electron chi connectivity index (χ4n) is 1.90. The van der Waals surface area contributed by atoms with Crippen LogP contribution in [0, 0.1) is 9.49 Å². The third-order valence-corrected chi connectivity index (χ3v) is 3.78. The zero-order valence-corrected chi connectivity index (χ0v) is 11.8. The van der Waals surface area contributed by atoms with E-state index in [4.69, 9.17) is 16.7 Å². The Labute approximate surface area is 117 Å². The van der Waals surface area contributed by atoms with Crippen molar-refractivity contribution < 1.29 is 9.90 Å². The van der Waals surface area contributed by atoms with Crippen LogP contribution in [0.1, 0.15) is 12.8 Å². The van der Waals surface area contributed by atoms with Gasteiger partial charge in [0.1, 0.15) is 5.82 Å². The van der Waals surface area contributed by atoms with Crippen molar-refractivity contribution in [2.45, 2.75) is 12.8 Å². The van der Waals surface area contributed by atoms with Crippen LogP contribution in [0.25, 0.3) is 0 Å². The minimum atomic E-state index is -0.708. The van der Waals surface area contributed by atoms with Gasteiger partial charge in [-0.2, -0.15) is 4.98 Å². The molecule has 0 aliphatic carbocycles. The van der Waals surface area contributed by atoms with E-state index >= 15 is 0 Å². The van der Waals surface area contributed by atoms with Gasteiger partial charge in [0.15, 0.2) is 0 Å². The van der Waals surface area contributed by atoms with Crippen molar-refractivity contribution >= 4 is 46.0 Å². The molecule has 0 aromatic carbocycles. The van der Waals surface area contributed by atoms with Gasteiger partial charge in [-0.15, -0.1) is 0 Å². The van der Waals surface area contributed by atoms with Crippen LogP contribution in [-0.2, 0) is 4.79 Å².